The van der Waals surface area contributed by atoms with E-state index in [0.717, 1.165) is 22.5 Å². The highest BCUT2D eigenvalue weighted by Crippen LogP contribution is 2.40. The quantitative estimate of drug-likeness (QED) is 0.376. The maximum Gasteiger partial charge on any atom is 0.143 e. The van der Waals surface area contributed by atoms with Crippen LogP contribution in [0.2, 0.25) is 0 Å². The van der Waals surface area contributed by atoms with Gasteiger partial charge in [0.1, 0.15) is 58.4 Å². The third kappa shape index (κ3) is 4.12. The molecule has 168 valence electrons. The number of thioether (sulfide) groups is 1. The number of rotatable bonds is 4. The van der Waals surface area contributed by atoms with E-state index in [2.05, 4.69) is 11.1 Å². The summed E-state index contributed by atoms with van der Waals surface area (Å²) < 4.78 is 5.53. The summed E-state index contributed by atoms with van der Waals surface area (Å²) in [4.78, 5) is 4.18. The Balaban J connectivity index is 1.83. The van der Waals surface area contributed by atoms with E-state index in [1.54, 1.807) is 6.07 Å². The Hall–Kier alpha value is -3.22. The Morgan fingerprint density at radius 2 is 1.67 bits per heavy atom. The Morgan fingerprint density at radius 1 is 0.970 bits per heavy atom. The molecule has 0 radical (unpaired) electrons. The molecule has 0 saturated carbocycles. The number of fused-ring (bicyclic) bond motifs is 1. The van der Waals surface area contributed by atoms with E-state index in [-0.39, 0.29) is 22.0 Å². The summed E-state index contributed by atoms with van der Waals surface area (Å²) in [7, 11) is 0. The van der Waals surface area contributed by atoms with E-state index < -0.39 is 36.5 Å². The van der Waals surface area contributed by atoms with Crippen molar-refractivity contribution in [3.05, 3.63) is 53.6 Å². The van der Waals surface area contributed by atoms with Crippen molar-refractivity contribution in [1.82, 2.24) is 4.98 Å². The number of hydrogen-bond acceptors (Lipinski definition) is 10. The highest BCUT2D eigenvalue weighted by atomic mass is 32.2. The number of anilines is 1. The van der Waals surface area contributed by atoms with Gasteiger partial charge >= 0.3 is 0 Å². The lowest BCUT2D eigenvalue weighted by molar-refractivity contribution is -0.205. The topological polar surface area (TPSA) is 177 Å². The number of nitrogens with two attached hydrogens (primary N) is 1. The lowest BCUT2D eigenvalue weighted by Gasteiger charge is -2.39. The lowest BCUT2D eigenvalue weighted by atomic mass is 9.95. The summed E-state index contributed by atoms with van der Waals surface area (Å²) >= 11 is 0.817. The van der Waals surface area contributed by atoms with Crippen LogP contribution in [0.3, 0.4) is 0 Å². The number of aliphatic hydroxyl groups is 4. The van der Waals surface area contributed by atoms with Crippen LogP contribution in [0.5, 0.6) is 0 Å². The minimum absolute atomic E-state index is 0.0417. The summed E-state index contributed by atoms with van der Waals surface area (Å²) in [6.07, 6.45) is -5.72. The summed E-state index contributed by atoms with van der Waals surface area (Å²) in [5, 5.41) is 61.6. The third-order valence-corrected chi connectivity index (χ3v) is 6.67. The molecule has 1 aromatic heterocycles. The molecule has 0 aliphatic carbocycles. The molecule has 1 aliphatic heterocycles. The van der Waals surface area contributed by atoms with E-state index in [1.807, 2.05) is 42.5 Å². The second kappa shape index (κ2) is 9.33. The van der Waals surface area contributed by atoms with Gasteiger partial charge in [-0.15, -0.1) is 0 Å². The van der Waals surface area contributed by atoms with Crippen LogP contribution in [0, 0.1) is 22.7 Å². The lowest BCUT2D eigenvalue weighted by Crippen LogP contribution is -2.57. The van der Waals surface area contributed by atoms with Crippen LogP contribution < -0.4 is 5.73 Å². The molecule has 0 spiro atoms. The van der Waals surface area contributed by atoms with Gasteiger partial charge in [-0.25, -0.2) is 4.98 Å². The molecular formula is C23H20N4O5S. The second-order valence-corrected chi connectivity index (χ2v) is 8.61. The molecule has 5 atom stereocenters. The Kier molecular flexibility index (Phi) is 6.49. The number of nitriles is 2. The summed E-state index contributed by atoms with van der Waals surface area (Å²) in [5.74, 6) is -0.105. The molecule has 10 heteroatoms. The van der Waals surface area contributed by atoms with Crippen LogP contribution in [0.15, 0.2) is 47.5 Å². The maximum atomic E-state index is 10.4. The van der Waals surface area contributed by atoms with Crippen LogP contribution >= 0.6 is 11.8 Å². The average molecular weight is 465 g/mol. The summed E-state index contributed by atoms with van der Waals surface area (Å²) in [6, 6.07) is 17.2. The van der Waals surface area contributed by atoms with E-state index in [1.165, 1.54) is 0 Å². The van der Waals surface area contributed by atoms with Crippen LogP contribution in [-0.2, 0) is 4.74 Å². The van der Waals surface area contributed by atoms with Crippen molar-refractivity contribution < 1.29 is 25.2 Å². The molecule has 6 N–H and O–H groups in total. The highest BCUT2D eigenvalue weighted by molar-refractivity contribution is 7.99. The molecule has 9 nitrogen and oxygen atoms in total. The fourth-order valence-electron chi connectivity index (χ4n) is 3.79. The van der Waals surface area contributed by atoms with Crippen molar-refractivity contribution in [2.24, 2.45) is 0 Å². The molecule has 1 saturated heterocycles. The first-order valence-electron chi connectivity index (χ1n) is 9.99. The van der Waals surface area contributed by atoms with Crippen molar-refractivity contribution in [3.8, 4) is 23.3 Å². The van der Waals surface area contributed by atoms with E-state index in [0.29, 0.717) is 11.1 Å². The first-order chi connectivity index (χ1) is 15.9. The Labute approximate surface area is 193 Å². The smallest absolute Gasteiger partial charge is 0.143 e. The molecule has 0 unspecified atom stereocenters. The van der Waals surface area contributed by atoms with Gasteiger partial charge in [0.05, 0.1) is 12.2 Å². The fraction of sp³-hybridized carbons (Fsp3) is 0.261. The second-order valence-electron chi connectivity index (χ2n) is 7.53. The molecule has 2 heterocycles. The molecule has 4 rings (SSSR count). The SMILES string of the molecule is N#Cc1c(N)nc(S[C@@H]2O[C@H](CO)[C@@H](O)[C@H](O)[C@H]2O)c(C#N)c1-c1ccc2ccccc2c1. The summed E-state index contributed by atoms with van der Waals surface area (Å²) in [6.45, 7) is -0.585. The number of nitrogens with zero attached hydrogens (tertiary/aromatic N) is 3. The van der Waals surface area contributed by atoms with Crippen molar-refractivity contribution in [2.75, 3.05) is 12.3 Å². The Bertz CT molecular complexity index is 1290. The number of nitrogen functional groups attached to an aromatic ring is 1. The molecule has 0 bridgehead atoms. The van der Waals surface area contributed by atoms with Gasteiger partial charge in [-0.2, -0.15) is 10.5 Å². The third-order valence-electron chi connectivity index (χ3n) is 5.53. The number of hydrogen-bond donors (Lipinski definition) is 5. The van der Waals surface area contributed by atoms with Gasteiger partial charge in [0.2, 0.25) is 0 Å². The standard InChI is InChI=1S/C23H20N4O5S/c24-8-14-17(13-6-5-11-3-1-2-4-12(11)7-13)15(9-25)22(27-21(14)26)33-23-20(31)19(30)18(29)16(10-28)32-23/h1-7,16,18-20,23,28-31H,10H2,(H2,26,27)/t16-,18-,19+,20-,23+/m1/s1. The molecule has 2 aromatic carbocycles. The number of ether oxygens (including phenoxy) is 1. The van der Waals surface area contributed by atoms with Crippen molar-refractivity contribution in [1.29, 1.82) is 10.5 Å². The molecular weight excluding hydrogens is 444 g/mol. The molecule has 1 fully saturated rings. The molecule has 3 aromatic rings. The number of pyridine rings is 1. The largest absolute Gasteiger partial charge is 0.394 e. The van der Waals surface area contributed by atoms with Crippen LogP contribution in [0.1, 0.15) is 11.1 Å². The predicted octanol–water partition coefficient (Wildman–Crippen LogP) is 1.12. The minimum Gasteiger partial charge on any atom is -0.394 e. The fourth-order valence-corrected chi connectivity index (χ4v) is 4.93. The normalized spacial score (nSPS) is 24.8. The van der Waals surface area contributed by atoms with Gasteiger partial charge in [0, 0.05) is 5.56 Å². The van der Waals surface area contributed by atoms with Gasteiger partial charge in [0.25, 0.3) is 0 Å². The maximum absolute atomic E-state index is 10.4. The average Bonchev–Trinajstić information content (AvgIpc) is 2.83. The zero-order valence-corrected chi connectivity index (χ0v) is 18.0. The van der Waals surface area contributed by atoms with Gasteiger partial charge in [-0.1, -0.05) is 48.2 Å². The first kappa shape index (κ1) is 23.0. The van der Waals surface area contributed by atoms with Gasteiger partial charge in [-0.05, 0) is 22.4 Å². The predicted molar refractivity (Wildman–Crippen MR) is 121 cm³/mol. The van der Waals surface area contributed by atoms with E-state index in [4.69, 9.17) is 10.5 Å². The van der Waals surface area contributed by atoms with Crippen molar-refractivity contribution >= 4 is 28.4 Å². The zero-order chi connectivity index (χ0) is 23.7. The van der Waals surface area contributed by atoms with Crippen molar-refractivity contribution in [2.45, 2.75) is 34.9 Å². The number of aromatic nitrogens is 1. The molecule has 33 heavy (non-hydrogen) atoms. The minimum atomic E-state index is -1.57. The van der Waals surface area contributed by atoms with Crippen molar-refractivity contribution in [3.63, 3.8) is 0 Å². The first-order valence-corrected chi connectivity index (χ1v) is 10.9. The van der Waals surface area contributed by atoms with Gasteiger partial charge in [0.15, 0.2) is 0 Å². The van der Waals surface area contributed by atoms with Crippen LogP contribution in [-0.4, -0.2) is 61.9 Å². The van der Waals surface area contributed by atoms with E-state index in [9.17, 15) is 30.9 Å². The highest BCUT2D eigenvalue weighted by Gasteiger charge is 2.44. The Morgan fingerprint density at radius 3 is 2.33 bits per heavy atom. The monoisotopic (exact) mass is 464 g/mol. The van der Waals surface area contributed by atoms with Crippen LogP contribution in [0.4, 0.5) is 5.82 Å². The molecule has 1 aliphatic rings. The van der Waals surface area contributed by atoms with Gasteiger partial charge in [-0.3, -0.25) is 0 Å². The van der Waals surface area contributed by atoms with Gasteiger partial charge < -0.3 is 30.9 Å². The summed E-state index contributed by atoms with van der Waals surface area (Å²) in [5.41, 5.74) is 5.89. The number of aliphatic hydroxyl groups excluding tert-OH is 4. The molecule has 0 amide bonds. The van der Waals surface area contributed by atoms with Crippen LogP contribution in [0.25, 0.3) is 21.9 Å². The zero-order valence-electron chi connectivity index (χ0n) is 17.2. The number of benzene rings is 2. The van der Waals surface area contributed by atoms with E-state index >= 15 is 0 Å².